The maximum atomic E-state index is 8.94. The Labute approximate surface area is 99.9 Å². The molecule has 15 heavy (non-hydrogen) atoms. The molecule has 0 radical (unpaired) electrons. The smallest absolute Gasteiger partial charge is 0.423 e. The van der Waals surface area contributed by atoms with Gasteiger partial charge in [0.1, 0.15) is 0 Å². The van der Waals surface area contributed by atoms with Crippen molar-refractivity contribution in [3.05, 3.63) is 12.1 Å². The van der Waals surface area contributed by atoms with Crippen LogP contribution in [-0.4, -0.2) is 22.9 Å². The predicted molar refractivity (Wildman–Crippen MR) is 69.0 cm³/mol. The maximum absolute atomic E-state index is 8.94. The van der Waals surface area contributed by atoms with Crippen molar-refractivity contribution in [1.29, 1.82) is 0 Å². The Morgan fingerprint density at radius 1 is 1.27 bits per heavy atom. The molecule has 0 unspecified atom stereocenters. The Morgan fingerprint density at radius 2 is 2.07 bits per heavy atom. The maximum Gasteiger partial charge on any atom is 0.499 e. The Balaban J connectivity index is 2.20. The fourth-order valence-electron chi connectivity index (χ4n) is 1.25. The molecule has 2 N–H and O–H groups in total. The van der Waals surface area contributed by atoms with Crippen LogP contribution in [0.3, 0.4) is 0 Å². The Kier molecular flexibility index (Phi) is 6.40. The highest BCUT2D eigenvalue weighted by Gasteiger charge is 2.13. The van der Waals surface area contributed by atoms with Gasteiger partial charge in [-0.05, 0) is 18.2 Å². The van der Waals surface area contributed by atoms with Gasteiger partial charge in [-0.1, -0.05) is 32.3 Å². The topological polar surface area (TPSA) is 40.5 Å². The molecule has 0 aliphatic carbocycles. The van der Waals surface area contributed by atoms with Gasteiger partial charge in [-0.25, -0.2) is 0 Å². The summed E-state index contributed by atoms with van der Waals surface area (Å²) in [6.07, 6.45) is 5.12. The van der Waals surface area contributed by atoms with Gasteiger partial charge in [0.2, 0.25) is 0 Å². The van der Waals surface area contributed by atoms with Crippen LogP contribution in [0.25, 0.3) is 0 Å². The summed E-state index contributed by atoms with van der Waals surface area (Å²) in [5.74, 6) is 1.13. The molecular formula is C10H17BO2S2. The summed E-state index contributed by atoms with van der Waals surface area (Å²) in [6.45, 7) is 2.21. The number of thiophene rings is 1. The van der Waals surface area contributed by atoms with Crippen molar-refractivity contribution in [2.24, 2.45) is 0 Å². The summed E-state index contributed by atoms with van der Waals surface area (Å²) in [6, 6.07) is 3.74. The molecule has 2 nitrogen and oxygen atoms in total. The molecule has 0 aliphatic heterocycles. The van der Waals surface area contributed by atoms with E-state index in [1.54, 1.807) is 17.8 Å². The predicted octanol–water partition coefficient (Wildman–Crippen LogP) is 2.10. The van der Waals surface area contributed by atoms with E-state index in [1.807, 2.05) is 6.07 Å². The largest absolute Gasteiger partial charge is 0.499 e. The van der Waals surface area contributed by atoms with Crippen LogP contribution in [-0.2, 0) is 0 Å². The molecule has 0 amide bonds. The zero-order valence-corrected chi connectivity index (χ0v) is 10.6. The summed E-state index contributed by atoms with van der Waals surface area (Å²) < 4.78 is 1.81. The molecular weight excluding hydrogens is 227 g/mol. The minimum Gasteiger partial charge on any atom is -0.423 e. The first kappa shape index (κ1) is 13.1. The van der Waals surface area contributed by atoms with Gasteiger partial charge in [-0.15, -0.1) is 23.1 Å². The molecule has 0 aromatic carbocycles. The van der Waals surface area contributed by atoms with Gasteiger partial charge in [-0.2, -0.15) is 0 Å². The molecule has 1 heterocycles. The molecule has 84 valence electrons. The second-order valence-corrected chi connectivity index (χ2v) is 5.95. The van der Waals surface area contributed by atoms with Crippen LogP contribution >= 0.6 is 23.1 Å². The highest BCUT2D eigenvalue weighted by molar-refractivity contribution is 8.01. The molecule has 1 aromatic rings. The molecule has 0 atom stereocenters. The van der Waals surface area contributed by atoms with Crippen molar-refractivity contribution in [3.63, 3.8) is 0 Å². The highest BCUT2D eigenvalue weighted by Crippen LogP contribution is 2.23. The van der Waals surface area contributed by atoms with E-state index in [1.165, 1.54) is 41.2 Å². The molecule has 1 rings (SSSR count). The number of unbranched alkanes of at least 4 members (excludes halogenated alkanes) is 3. The van der Waals surface area contributed by atoms with Gasteiger partial charge < -0.3 is 10.0 Å². The molecule has 0 saturated heterocycles. The summed E-state index contributed by atoms with van der Waals surface area (Å²) in [4.78, 5) is 0. The minimum absolute atomic E-state index is 0.631. The van der Waals surface area contributed by atoms with Crippen LogP contribution in [0.5, 0.6) is 0 Å². The molecule has 0 fully saturated rings. The Hall–Kier alpha value is 0.0349. The van der Waals surface area contributed by atoms with E-state index in [4.69, 9.17) is 10.0 Å². The second kappa shape index (κ2) is 7.33. The summed E-state index contributed by atoms with van der Waals surface area (Å²) in [5.41, 5.74) is 0. The Morgan fingerprint density at radius 3 is 2.67 bits per heavy atom. The van der Waals surface area contributed by atoms with Crippen LogP contribution in [0.1, 0.15) is 32.6 Å². The van der Waals surface area contributed by atoms with Gasteiger partial charge >= 0.3 is 7.12 Å². The molecule has 0 bridgehead atoms. The average molecular weight is 244 g/mol. The lowest BCUT2D eigenvalue weighted by atomic mass is 9.90. The zero-order valence-electron chi connectivity index (χ0n) is 8.98. The molecule has 5 heteroatoms. The SMILES string of the molecule is CCCCCCSc1ccc(B(O)O)s1. The molecule has 0 saturated carbocycles. The molecule has 1 aromatic heterocycles. The second-order valence-electron chi connectivity index (χ2n) is 3.44. The number of hydrogen-bond acceptors (Lipinski definition) is 4. The van der Waals surface area contributed by atoms with E-state index in [0.29, 0.717) is 4.78 Å². The third-order valence-corrected chi connectivity index (χ3v) is 4.54. The van der Waals surface area contributed by atoms with E-state index in [0.717, 1.165) is 5.75 Å². The van der Waals surface area contributed by atoms with Crippen LogP contribution in [0.2, 0.25) is 0 Å². The first-order valence-corrected chi connectivity index (χ1v) is 7.13. The van der Waals surface area contributed by atoms with Crippen LogP contribution in [0, 0.1) is 0 Å². The van der Waals surface area contributed by atoms with Crippen molar-refractivity contribution in [1.82, 2.24) is 0 Å². The number of thioether (sulfide) groups is 1. The lowest BCUT2D eigenvalue weighted by Crippen LogP contribution is -2.26. The van der Waals surface area contributed by atoms with E-state index in [9.17, 15) is 0 Å². The quantitative estimate of drug-likeness (QED) is 0.438. The Bertz CT molecular complexity index is 276. The van der Waals surface area contributed by atoms with Gasteiger partial charge in [0, 0.05) is 4.78 Å². The average Bonchev–Trinajstić information content (AvgIpc) is 2.66. The van der Waals surface area contributed by atoms with E-state index >= 15 is 0 Å². The van der Waals surface area contributed by atoms with Gasteiger partial charge in [0.25, 0.3) is 0 Å². The van der Waals surface area contributed by atoms with Crippen molar-refractivity contribution in [2.75, 3.05) is 5.75 Å². The lowest BCUT2D eigenvalue weighted by molar-refractivity contribution is 0.427. The summed E-state index contributed by atoms with van der Waals surface area (Å²) in [5, 5.41) is 17.9. The van der Waals surface area contributed by atoms with E-state index < -0.39 is 7.12 Å². The first-order chi connectivity index (χ1) is 7.24. The van der Waals surface area contributed by atoms with Crippen molar-refractivity contribution < 1.29 is 10.0 Å². The van der Waals surface area contributed by atoms with Crippen LogP contribution in [0.4, 0.5) is 0 Å². The normalized spacial score (nSPS) is 10.6. The van der Waals surface area contributed by atoms with Crippen molar-refractivity contribution >= 4 is 35.0 Å². The van der Waals surface area contributed by atoms with Crippen LogP contribution in [0.15, 0.2) is 16.3 Å². The van der Waals surface area contributed by atoms with Gasteiger partial charge in [-0.3, -0.25) is 0 Å². The zero-order chi connectivity index (χ0) is 11.1. The molecule has 0 spiro atoms. The first-order valence-electron chi connectivity index (χ1n) is 5.32. The van der Waals surface area contributed by atoms with E-state index in [2.05, 4.69) is 6.92 Å². The third-order valence-electron chi connectivity index (χ3n) is 2.10. The fraction of sp³-hybridized carbons (Fsp3) is 0.600. The third kappa shape index (κ3) is 5.06. The monoisotopic (exact) mass is 244 g/mol. The number of hydrogen-bond donors (Lipinski definition) is 2. The number of rotatable bonds is 7. The molecule has 0 aliphatic rings. The summed E-state index contributed by atoms with van der Waals surface area (Å²) in [7, 11) is -1.32. The van der Waals surface area contributed by atoms with Crippen molar-refractivity contribution in [3.8, 4) is 0 Å². The highest BCUT2D eigenvalue weighted by atomic mass is 32.2. The van der Waals surface area contributed by atoms with Crippen molar-refractivity contribution in [2.45, 2.75) is 36.8 Å². The van der Waals surface area contributed by atoms with Gasteiger partial charge in [0.05, 0.1) is 4.21 Å². The summed E-state index contributed by atoms with van der Waals surface area (Å²) >= 11 is 3.27. The van der Waals surface area contributed by atoms with Gasteiger partial charge in [0.15, 0.2) is 0 Å². The lowest BCUT2D eigenvalue weighted by Gasteiger charge is -1.98. The van der Waals surface area contributed by atoms with Crippen LogP contribution < -0.4 is 4.78 Å². The standard InChI is InChI=1S/C10H17BO2S2/c1-2-3-4-5-8-14-10-7-6-9(15-10)11(12)13/h6-7,12-13H,2-5,8H2,1H3. The van der Waals surface area contributed by atoms with E-state index in [-0.39, 0.29) is 0 Å². The fourth-order valence-corrected chi connectivity index (χ4v) is 3.35. The minimum atomic E-state index is -1.32.